The van der Waals surface area contributed by atoms with Gasteiger partial charge in [-0.1, -0.05) is 43.3 Å². The Morgan fingerprint density at radius 1 is 1.00 bits per heavy atom. The highest BCUT2D eigenvalue weighted by atomic mass is 16.2. The standard InChI is InChI=1S/C17H19N3O2/c1-2-12-7-3-4-8-13(12)11-19-17(22)20-16(21)14-9-5-6-10-15(14)18/h3-10H,2,11,18H2,1H3,(H2,19,20,21,22). The van der Waals surface area contributed by atoms with Gasteiger partial charge >= 0.3 is 6.03 Å². The second kappa shape index (κ2) is 7.26. The first-order valence-corrected chi connectivity index (χ1v) is 7.12. The van der Waals surface area contributed by atoms with Gasteiger partial charge in [0.1, 0.15) is 0 Å². The molecule has 2 rings (SSSR count). The maximum Gasteiger partial charge on any atom is 0.321 e. The smallest absolute Gasteiger partial charge is 0.321 e. The number of amides is 3. The van der Waals surface area contributed by atoms with Crippen LogP contribution in [0.2, 0.25) is 0 Å². The largest absolute Gasteiger partial charge is 0.398 e. The number of para-hydroxylation sites is 1. The minimum absolute atomic E-state index is 0.284. The van der Waals surface area contributed by atoms with Crippen LogP contribution in [0.5, 0.6) is 0 Å². The average Bonchev–Trinajstić information content (AvgIpc) is 2.53. The van der Waals surface area contributed by atoms with Crippen LogP contribution in [0.4, 0.5) is 10.5 Å². The fourth-order valence-corrected chi connectivity index (χ4v) is 2.17. The van der Waals surface area contributed by atoms with Crippen molar-refractivity contribution in [2.75, 3.05) is 5.73 Å². The van der Waals surface area contributed by atoms with Crippen LogP contribution < -0.4 is 16.4 Å². The molecule has 0 heterocycles. The van der Waals surface area contributed by atoms with E-state index < -0.39 is 11.9 Å². The summed E-state index contributed by atoms with van der Waals surface area (Å²) in [6.45, 7) is 2.42. The third-order valence-electron chi connectivity index (χ3n) is 3.37. The summed E-state index contributed by atoms with van der Waals surface area (Å²) in [5.74, 6) is -0.514. The van der Waals surface area contributed by atoms with E-state index in [1.165, 1.54) is 5.56 Å². The normalized spacial score (nSPS) is 10.0. The zero-order valence-corrected chi connectivity index (χ0v) is 12.4. The Bertz CT molecular complexity index is 683. The highest BCUT2D eigenvalue weighted by Crippen LogP contribution is 2.10. The molecule has 0 aromatic heterocycles. The third-order valence-corrected chi connectivity index (χ3v) is 3.37. The Hall–Kier alpha value is -2.82. The van der Waals surface area contributed by atoms with Gasteiger partial charge in [-0.05, 0) is 29.7 Å². The van der Waals surface area contributed by atoms with Crippen LogP contribution in [0.1, 0.15) is 28.4 Å². The lowest BCUT2D eigenvalue weighted by Crippen LogP contribution is -2.39. The number of imide groups is 1. The predicted octanol–water partition coefficient (Wildman–Crippen LogP) is 2.47. The first kappa shape index (κ1) is 15.6. The predicted molar refractivity (Wildman–Crippen MR) is 86.4 cm³/mol. The molecule has 3 amide bonds. The van der Waals surface area contributed by atoms with E-state index in [9.17, 15) is 9.59 Å². The summed E-state index contributed by atoms with van der Waals surface area (Å²) in [6.07, 6.45) is 0.888. The number of hydrogen-bond acceptors (Lipinski definition) is 3. The van der Waals surface area contributed by atoms with Crippen LogP contribution in [0.25, 0.3) is 0 Å². The number of anilines is 1. The van der Waals surface area contributed by atoms with E-state index in [2.05, 4.69) is 17.6 Å². The molecule has 5 heteroatoms. The molecule has 0 aliphatic carbocycles. The molecule has 0 spiro atoms. The molecule has 0 saturated carbocycles. The van der Waals surface area contributed by atoms with E-state index in [-0.39, 0.29) is 5.56 Å². The van der Waals surface area contributed by atoms with Gasteiger partial charge in [0, 0.05) is 12.2 Å². The fourth-order valence-electron chi connectivity index (χ4n) is 2.17. The lowest BCUT2D eigenvalue weighted by molar-refractivity contribution is 0.0965. The number of benzene rings is 2. The average molecular weight is 297 g/mol. The second-order valence-corrected chi connectivity index (χ2v) is 4.85. The molecule has 0 bridgehead atoms. The molecule has 5 nitrogen and oxygen atoms in total. The van der Waals surface area contributed by atoms with E-state index in [1.807, 2.05) is 24.3 Å². The number of carbonyl (C=O) groups is 2. The molecule has 0 radical (unpaired) electrons. The number of nitrogens with two attached hydrogens (primary N) is 1. The monoisotopic (exact) mass is 297 g/mol. The summed E-state index contributed by atoms with van der Waals surface area (Å²) >= 11 is 0. The third kappa shape index (κ3) is 3.85. The van der Waals surface area contributed by atoms with Gasteiger partial charge in [-0.3, -0.25) is 10.1 Å². The van der Waals surface area contributed by atoms with Gasteiger partial charge in [0.25, 0.3) is 5.91 Å². The fraction of sp³-hybridized carbons (Fsp3) is 0.176. The van der Waals surface area contributed by atoms with E-state index >= 15 is 0 Å². The molecule has 0 saturated heterocycles. The van der Waals surface area contributed by atoms with Crippen molar-refractivity contribution in [2.24, 2.45) is 0 Å². The molecule has 0 aliphatic heterocycles. The lowest BCUT2D eigenvalue weighted by Gasteiger charge is -2.10. The molecule has 0 fully saturated rings. The van der Waals surface area contributed by atoms with E-state index in [1.54, 1.807) is 24.3 Å². The first-order valence-electron chi connectivity index (χ1n) is 7.12. The number of rotatable bonds is 4. The number of nitrogens with one attached hydrogen (secondary N) is 2. The van der Waals surface area contributed by atoms with Crippen molar-refractivity contribution in [3.8, 4) is 0 Å². The summed E-state index contributed by atoms with van der Waals surface area (Å²) in [5.41, 5.74) is 8.53. The Morgan fingerprint density at radius 3 is 2.32 bits per heavy atom. The molecule has 0 unspecified atom stereocenters. The zero-order chi connectivity index (χ0) is 15.9. The first-order chi connectivity index (χ1) is 10.6. The molecule has 0 aliphatic rings. The van der Waals surface area contributed by atoms with Gasteiger partial charge in [-0.15, -0.1) is 0 Å². The summed E-state index contributed by atoms with van der Waals surface area (Å²) in [4.78, 5) is 23.8. The quantitative estimate of drug-likeness (QED) is 0.758. The molecule has 22 heavy (non-hydrogen) atoms. The van der Waals surface area contributed by atoms with Crippen LogP contribution >= 0.6 is 0 Å². The van der Waals surface area contributed by atoms with Crippen molar-refractivity contribution in [2.45, 2.75) is 19.9 Å². The molecular weight excluding hydrogens is 278 g/mol. The Morgan fingerprint density at radius 2 is 1.64 bits per heavy atom. The maximum absolute atomic E-state index is 12.0. The number of carbonyl (C=O) groups excluding carboxylic acids is 2. The Balaban J connectivity index is 1.93. The summed E-state index contributed by atoms with van der Waals surface area (Å²) in [5, 5.41) is 4.96. The van der Waals surface area contributed by atoms with Gasteiger partial charge in [0.05, 0.1) is 5.56 Å². The Labute approximate surface area is 129 Å². The summed E-state index contributed by atoms with van der Waals surface area (Å²) < 4.78 is 0. The molecule has 2 aromatic rings. The Kier molecular flexibility index (Phi) is 5.14. The second-order valence-electron chi connectivity index (χ2n) is 4.85. The molecule has 114 valence electrons. The number of aryl methyl sites for hydroxylation is 1. The van der Waals surface area contributed by atoms with Crippen molar-refractivity contribution in [3.63, 3.8) is 0 Å². The molecular formula is C17H19N3O2. The summed E-state index contributed by atoms with van der Waals surface area (Å²) in [6, 6.07) is 13.9. The van der Waals surface area contributed by atoms with Gasteiger partial charge in [-0.2, -0.15) is 0 Å². The van der Waals surface area contributed by atoms with Gasteiger partial charge in [0.15, 0.2) is 0 Å². The molecule has 2 aromatic carbocycles. The summed E-state index contributed by atoms with van der Waals surface area (Å²) in [7, 11) is 0. The SMILES string of the molecule is CCc1ccccc1CNC(=O)NC(=O)c1ccccc1N. The van der Waals surface area contributed by atoms with E-state index in [0.717, 1.165) is 12.0 Å². The van der Waals surface area contributed by atoms with Crippen molar-refractivity contribution < 1.29 is 9.59 Å². The highest BCUT2D eigenvalue weighted by Gasteiger charge is 2.12. The van der Waals surface area contributed by atoms with Gasteiger partial charge < -0.3 is 11.1 Å². The van der Waals surface area contributed by atoms with Gasteiger partial charge in [0.2, 0.25) is 0 Å². The topological polar surface area (TPSA) is 84.2 Å². The molecule has 4 N–H and O–H groups in total. The number of hydrogen-bond donors (Lipinski definition) is 3. The van der Waals surface area contributed by atoms with Crippen LogP contribution in [-0.4, -0.2) is 11.9 Å². The number of urea groups is 1. The van der Waals surface area contributed by atoms with E-state index in [4.69, 9.17) is 5.73 Å². The van der Waals surface area contributed by atoms with E-state index in [0.29, 0.717) is 12.2 Å². The minimum Gasteiger partial charge on any atom is -0.398 e. The lowest BCUT2D eigenvalue weighted by atomic mass is 10.1. The van der Waals surface area contributed by atoms with Gasteiger partial charge in [-0.25, -0.2) is 4.79 Å². The van der Waals surface area contributed by atoms with Crippen LogP contribution in [0, 0.1) is 0 Å². The maximum atomic E-state index is 12.0. The molecule has 0 atom stereocenters. The highest BCUT2D eigenvalue weighted by molar-refractivity contribution is 6.07. The van der Waals surface area contributed by atoms with Crippen molar-refractivity contribution in [3.05, 3.63) is 65.2 Å². The van der Waals surface area contributed by atoms with Crippen LogP contribution in [0.3, 0.4) is 0 Å². The zero-order valence-electron chi connectivity index (χ0n) is 12.4. The van der Waals surface area contributed by atoms with Crippen LogP contribution in [0.15, 0.2) is 48.5 Å². The van der Waals surface area contributed by atoms with Crippen LogP contribution in [-0.2, 0) is 13.0 Å². The minimum atomic E-state index is -0.542. The number of nitrogen functional groups attached to an aromatic ring is 1. The van der Waals surface area contributed by atoms with Crippen molar-refractivity contribution in [1.82, 2.24) is 10.6 Å². The van der Waals surface area contributed by atoms with Crippen molar-refractivity contribution in [1.29, 1.82) is 0 Å². The van der Waals surface area contributed by atoms with Crippen molar-refractivity contribution >= 4 is 17.6 Å².